The van der Waals surface area contributed by atoms with E-state index in [1.54, 1.807) is 31.0 Å². The van der Waals surface area contributed by atoms with Gasteiger partial charge in [0.05, 0.1) is 18.5 Å². The quantitative estimate of drug-likeness (QED) is 0.726. The molecule has 8 heteroatoms. The lowest BCUT2D eigenvalue weighted by Gasteiger charge is -2.21. The predicted molar refractivity (Wildman–Crippen MR) is 108 cm³/mol. The van der Waals surface area contributed by atoms with Gasteiger partial charge in [0.2, 0.25) is 5.95 Å². The number of anilines is 2. The van der Waals surface area contributed by atoms with E-state index in [9.17, 15) is 4.79 Å². The summed E-state index contributed by atoms with van der Waals surface area (Å²) in [7, 11) is 3.41. The van der Waals surface area contributed by atoms with E-state index < -0.39 is 0 Å². The van der Waals surface area contributed by atoms with Crippen LogP contribution < -0.4 is 20.5 Å². The number of rotatable bonds is 5. The second-order valence-corrected chi connectivity index (χ2v) is 6.74. The van der Waals surface area contributed by atoms with E-state index in [0.717, 1.165) is 30.9 Å². The van der Waals surface area contributed by atoms with Crippen LogP contribution in [-0.4, -0.2) is 45.8 Å². The highest BCUT2D eigenvalue weighted by molar-refractivity contribution is 5.55. The molecule has 1 atom stereocenters. The van der Waals surface area contributed by atoms with E-state index in [4.69, 9.17) is 9.72 Å². The van der Waals surface area contributed by atoms with Gasteiger partial charge in [-0.3, -0.25) is 9.36 Å². The van der Waals surface area contributed by atoms with Gasteiger partial charge in [-0.2, -0.15) is 0 Å². The molecule has 3 aromatic rings. The maximum atomic E-state index is 12.4. The summed E-state index contributed by atoms with van der Waals surface area (Å²) < 4.78 is 6.78. The van der Waals surface area contributed by atoms with Gasteiger partial charge in [0.15, 0.2) is 0 Å². The monoisotopic (exact) mass is 378 g/mol. The van der Waals surface area contributed by atoms with Crippen molar-refractivity contribution in [3.8, 4) is 17.1 Å². The predicted octanol–water partition coefficient (Wildman–Crippen LogP) is 1.94. The average Bonchev–Trinajstić information content (AvgIpc) is 3.19. The standard InChI is InChI=1S/C20H22N6O2/c1-25-19(27)11-18(17-7-9-21-13-22-17)24-20(25)26-10-8-15(12-26)23-14-3-5-16(28-2)6-4-14/h3-7,9,11,13,15,23H,8,10,12H2,1-2H3/t15-/m0/s1. The molecule has 1 aliphatic rings. The van der Waals surface area contributed by atoms with Crippen molar-refractivity contribution in [1.29, 1.82) is 0 Å². The number of aromatic nitrogens is 4. The van der Waals surface area contributed by atoms with E-state index >= 15 is 0 Å². The Labute approximate surface area is 162 Å². The second kappa shape index (κ2) is 7.67. The molecule has 1 aromatic carbocycles. The molecule has 0 aliphatic carbocycles. The van der Waals surface area contributed by atoms with E-state index in [1.165, 1.54) is 12.4 Å². The third kappa shape index (κ3) is 3.66. The van der Waals surface area contributed by atoms with Crippen LogP contribution in [0.1, 0.15) is 6.42 Å². The minimum absolute atomic E-state index is 0.106. The molecule has 0 radical (unpaired) electrons. The Morgan fingerprint density at radius 1 is 1.18 bits per heavy atom. The molecule has 0 unspecified atom stereocenters. The van der Waals surface area contributed by atoms with Crippen molar-refractivity contribution in [3.05, 3.63) is 59.3 Å². The van der Waals surface area contributed by atoms with Crippen LogP contribution in [0.4, 0.5) is 11.6 Å². The first-order chi connectivity index (χ1) is 13.6. The number of nitrogens with one attached hydrogen (secondary N) is 1. The molecule has 0 amide bonds. The fraction of sp³-hybridized carbons (Fsp3) is 0.300. The number of ether oxygens (including phenoxy) is 1. The number of methoxy groups -OCH3 is 1. The highest BCUT2D eigenvalue weighted by atomic mass is 16.5. The van der Waals surface area contributed by atoms with Crippen LogP contribution in [0, 0.1) is 0 Å². The zero-order valence-corrected chi connectivity index (χ0v) is 15.9. The summed E-state index contributed by atoms with van der Waals surface area (Å²) in [5.74, 6) is 1.49. The molecule has 3 heterocycles. The van der Waals surface area contributed by atoms with Crippen molar-refractivity contribution in [3.63, 3.8) is 0 Å². The normalized spacial score (nSPS) is 16.2. The molecular formula is C20H22N6O2. The van der Waals surface area contributed by atoms with Crippen molar-refractivity contribution in [2.24, 2.45) is 7.05 Å². The van der Waals surface area contributed by atoms with E-state index in [-0.39, 0.29) is 11.6 Å². The lowest BCUT2D eigenvalue weighted by atomic mass is 10.2. The lowest BCUT2D eigenvalue weighted by Crippen LogP contribution is -2.32. The molecule has 144 valence electrons. The van der Waals surface area contributed by atoms with Gasteiger partial charge in [-0.05, 0) is 36.8 Å². The molecule has 28 heavy (non-hydrogen) atoms. The van der Waals surface area contributed by atoms with Crippen molar-refractivity contribution in [2.45, 2.75) is 12.5 Å². The number of benzene rings is 1. The summed E-state index contributed by atoms with van der Waals surface area (Å²) in [5.41, 5.74) is 2.14. The fourth-order valence-corrected chi connectivity index (χ4v) is 3.37. The molecule has 1 fully saturated rings. The fourth-order valence-electron chi connectivity index (χ4n) is 3.37. The summed E-state index contributed by atoms with van der Waals surface area (Å²) in [5, 5.41) is 3.54. The zero-order valence-electron chi connectivity index (χ0n) is 15.9. The molecule has 0 spiro atoms. The Morgan fingerprint density at radius 3 is 2.71 bits per heavy atom. The molecular weight excluding hydrogens is 356 g/mol. The Balaban J connectivity index is 1.53. The Morgan fingerprint density at radius 2 is 2.00 bits per heavy atom. The van der Waals surface area contributed by atoms with Gasteiger partial charge in [-0.1, -0.05) is 0 Å². The zero-order chi connectivity index (χ0) is 19.5. The van der Waals surface area contributed by atoms with Crippen molar-refractivity contribution in [2.75, 3.05) is 30.4 Å². The van der Waals surface area contributed by atoms with E-state index in [0.29, 0.717) is 17.3 Å². The number of hydrogen-bond donors (Lipinski definition) is 1. The Bertz CT molecular complexity index is 1000. The van der Waals surface area contributed by atoms with Crippen LogP contribution >= 0.6 is 0 Å². The Kier molecular flexibility index (Phi) is 4.92. The molecule has 4 rings (SSSR count). The molecule has 1 aliphatic heterocycles. The van der Waals surface area contributed by atoms with E-state index in [1.807, 2.05) is 24.3 Å². The first-order valence-electron chi connectivity index (χ1n) is 9.14. The van der Waals surface area contributed by atoms with Crippen molar-refractivity contribution >= 4 is 11.6 Å². The molecule has 0 saturated carbocycles. The topological polar surface area (TPSA) is 85.2 Å². The van der Waals surface area contributed by atoms with Gasteiger partial charge in [0, 0.05) is 44.1 Å². The second-order valence-electron chi connectivity index (χ2n) is 6.74. The summed E-state index contributed by atoms with van der Waals surface area (Å²) in [6, 6.07) is 11.4. The lowest BCUT2D eigenvalue weighted by molar-refractivity contribution is 0.415. The third-order valence-electron chi connectivity index (χ3n) is 4.89. The number of nitrogens with zero attached hydrogens (tertiary/aromatic N) is 5. The van der Waals surface area contributed by atoms with Crippen LogP contribution in [0.5, 0.6) is 5.75 Å². The number of hydrogen-bond acceptors (Lipinski definition) is 7. The largest absolute Gasteiger partial charge is 0.497 e. The van der Waals surface area contributed by atoms with Gasteiger partial charge in [0.25, 0.3) is 5.56 Å². The van der Waals surface area contributed by atoms with Crippen LogP contribution in [-0.2, 0) is 7.05 Å². The van der Waals surface area contributed by atoms with Crippen molar-refractivity contribution in [1.82, 2.24) is 19.5 Å². The summed E-state index contributed by atoms with van der Waals surface area (Å²) >= 11 is 0. The summed E-state index contributed by atoms with van der Waals surface area (Å²) in [6.07, 6.45) is 4.06. The minimum Gasteiger partial charge on any atom is -0.497 e. The summed E-state index contributed by atoms with van der Waals surface area (Å²) in [6.45, 7) is 1.58. The van der Waals surface area contributed by atoms with Gasteiger partial charge in [-0.15, -0.1) is 0 Å². The van der Waals surface area contributed by atoms with Crippen LogP contribution in [0.15, 0.2) is 53.7 Å². The molecule has 0 bridgehead atoms. The molecule has 8 nitrogen and oxygen atoms in total. The maximum absolute atomic E-state index is 12.4. The van der Waals surface area contributed by atoms with Gasteiger partial charge in [0.1, 0.15) is 12.1 Å². The minimum atomic E-state index is -0.106. The maximum Gasteiger partial charge on any atom is 0.255 e. The molecule has 1 saturated heterocycles. The highest BCUT2D eigenvalue weighted by Gasteiger charge is 2.25. The van der Waals surface area contributed by atoms with Gasteiger partial charge >= 0.3 is 0 Å². The molecule has 1 N–H and O–H groups in total. The highest BCUT2D eigenvalue weighted by Crippen LogP contribution is 2.23. The first-order valence-corrected chi connectivity index (χ1v) is 9.14. The first kappa shape index (κ1) is 18.0. The van der Waals surface area contributed by atoms with E-state index in [2.05, 4.69) is 20.2 Å². The van der Waals surface area contributed by atoms with Gasteiger partial charge < -0.3 is 15.0 Å². The van der Waals surface area contributed by atoms with Crippen LogP contribution in [0.2, 0.25) is 0 Å². The molecule has 2 aromatic heterocycles. The summed E-state index contributed by atoms with van der Waals surface area (Å²) in [4.78, 5) is 27.4. The Hall–Kier alpha value is -3.42. The third-order valence-corrected chi connectivity index (χ3v) is 4.89. The van der Waals surface area contributed by atoms with Crippen LogP contribution in [0.25, 0.3) is 11.4 Å². The smallest absolute Gasteiger partial charge is 0.255 e. The van der Waals surface area contributed by atoms with Gasteiger partial charge in [-0.25, -0.2) is 15.0 Å². The SMILES string of the molecule is COc1ccc(N[C@H]2CCN(c3nc(-c4ccncn4)cc(=O)n3C)C2)cc1. The van der Waals surface area contributed by atoms with Crippen molar-refractivity contribution < 1.29 is 4.74 Å². The average molecular weight is 378 g/mol. The van der Waals surface area contributed by atoms with Crippen LogP contribution in [0.3, 0.4) is 0 Å².